The summed E-state index contributed by atoms with van der Waals surface area (Å²) in [7, 11) is 0. The van der Waals surface area contributed by atoms with Crippen molar-refractivity contribution < 1.29 is 0 Å². The van der Waals surface area contributed by atoms with Crippen LogP contribution >= 0.6 is 0 Å². The third kappa shape index (κ3) is 0.916. The molecule has 0 saturated heterocycles. The second kappa shape index (κ2) is 2.49. The molecule has 0 radical (unpaired) electrons. The van der Waals surface area contributed by atoms with Crippen LogP contribution in [0.3, 0.4) is 0 Å². The van der Waals surface area contributed by atoms with E-state index in [2.05, 4.69) is 30.4 Å². The van der Waals surface area contributed by atoms with Crippen LogP contribution < -0.4 is 11.1 Å². The lowest BCUT2D eigenvalue weighted by Gasteiger charge is -2.21. The Kier molecular flexibility index (Phi) is 1.58. The van der Waals surface area contributed by atoms with E-state index in [4.69, 9.17) is 5.73 Å². The highest BCUT2D eigenvalue weighted by atomic mass is 14.9. The highest BCUT2D eigenvalue weighted by Gasteiger charge is 2.32. The Balaban J connectivity index is 2.49. The monoisotopic (exact) mass is 162 g/mol. The largest absolute Gasteiger partial charge is 0.384 e. The Bertz CT molecular complexity index is 296. The van der Waals surface area contributed by atoms with Crippen LogP contribution in [0.25, 0.3) is 0 Å². The van der Waals surface area contributed by atoms with Gasteiger partial charge in [-0.2, -0.15) is 0 Å². The Morgan fingerprint density at radius 2 is 2.25 bits per heavy atom. The molecule has 0 aliphatic carbocycles. The summed E-state index contributed by atoms with van der Waals surface area (Å²) in [5, 5.41) is 3.36. The van der Waals surface area contributed by atoms with Crippen molar-refractivity contribution >= 4 is 5.69 Å². The van der Waals surface area contributed by atoms with E-state index in [0.717, 1.165) is 6.54 Å². The molecule has 0 fully saturated rings. The lowest BCUT2D eigenvalue weighted by atomic mass is 9.85. The van der Waals surface area contributed by atoms with Gasteiger partial charge in [-0.3, -0.25) is 0 Å². The van der Waals surface area contributed by atoms with E-state index < -0.39 is 0 Å². The van der Waals surface area contributed by atoms with Crippen LogP contribution in [0.2, 0.25) is 0 Å². The smallest absolute Gasteiger partial charge is 0.0379 e. The van der Waals surface area contributed by atoms with Crippen LogP contribution in [0.1, 0.15) is 12.5 Å². The normalized spacial score (nSPS) is 26.5. The lowest BCUT2D eigenvalue weighted by Crippen LogP contribution is -2.33. The van der Waals surface area contributed by atoms with Crippen molar-refractivity contribution in [2.45, 2.75) is 12.3 Å². The van der Waals surface area contributed by atoms with Gasteiger partial charge in [0.15, 0.2) is 0 Å². The third-order valence-corrected chi connectivity index (χ3v) is 2.70. The summed E-state index contributed by atoms with van der Waals surface area (Å²) in [5.41, 5.74) is 8.47. The fourth-order valence-corrected chi connectivity index (χ4v) is 1.73. The van der Waals surface area contributed by atoms with Gasteiger partial charge in [0, 0.05) is 24.2 Å². The average Bonchev–Trinajstić information content (AvgIpc) is 2.46. The van der Waals surface area contributed by atoms with Gasteiger partial charge in [0.2, 0.25) is 0 Å². The molecule has 0 saturated carbocycles. The van der Waals surface area contributed by atoms with Gasteiger partial charge in [-0.05, 0) is 11.6 Å². The van der Waals surface area contributed by atoms with E-state index in [1.165, 1.54) is 11.3 Å². The second-order valence-corrected chi connectivity index (χ2v) is 3.66. The molecular weight excluding hydrogens is 148 g/mol. The maximum Gasteiger partial charge on any atom is 0.0379 e. The summed E-state index contributed by atoms with van der Waals surface area (Å²) in [4.78, 5) is 0. The minimum atomic E-state index is 0.136. The second-order valence-electron chi connectivity index (χ2n) is 3.66. The van der Waals surface area contributed by atoms with Gasteiger partial charge in [-0.25, -0.2) is 0 Å². The van der Waals surface area contributed by atoms with Crippen LogP contribution in [0, 0.1) is 0 Å². The Hall–Kier alpha value is -1.02. The zero-order valence-corrected chi connectivity index (χ0v) is 7.30. The van der Waals surface area contributed by atoms with Crippen molar-refractivity contribution in [2.24, 2.45) is 5.73 Å². The zero-order chi connectivity index (χ0) is 8.60. The maximum atomic E-state index is 5.74. The number of hydrogen-bond donors (Lipinski definition) is 2. The SMILES string of the molecule is CC1(CN)CNc2ccccc21. The summed E-state index contributed by atoms with van der Waals surface area (Å²) in [5.74, 6) is 0. The van der Waals surface area contributed by atoms with Crippen LogP contribution in [0.15, 0.2) is 24.3 Å². The molecule has 1 aliphatic rings. The zero-order valence-electron chi connectivity index (χ0n) is 7.30. The third-order valence-electron chi connectivity index (χ3n) is 2.70. The summed E-state index contributed by atoms with van der Waals surface area (Å²) in [6.07, 6.45) is 0. The van der Waals surface area contributed by atoms with Crippen molar-refractivity contribution in [3.8, 4) is 0 Å². The van der Waals surface area contributed by atoms with E-state index in [0.29, 0.717) is 6.54 Å². The highest BCUT2D eigenvalue weighted by Crippen LogP contribution is 2.35. The molecule has 12 heavy (non-hydrogen) atoms. The van der Waals surface area contributed by atoms with Crippen LogP contribution in [-0.2, 0) is 5.41 Å². The molecule has 1 atom stereocenters. The minimum absolute atomic E-state index is 0.136. The quantitative estimate of drug-likeness (QED) is 0.653. The Labute approximate surface area is 72.8 Å². The number of rotatable bonds is 1. The first-order valence-corrected chi connectivity index (χ1v) is 4.30. The molecule has 3 N–H and O–H groups in total. The van der Waals surface area contributed by atoms with Crippen LogP contribution in [0.4, 0.5) is 5.69 Å². The molecular formula is C10H14N2. The Morgan fingerprint density at radius 3 is 3.00 bits per heavy atom. The van der Waals surface area contributed by atoms with E-state index in [1.807, 2.05) is 6.07 Å². The van der Waals surface area contributed by atoms with Crippen molar-refractivity contribution in [3.05, 3.63) is 29.8 Å². The molecule has 1 aromatic rings. The Morgan fingerprint density at radius 1 is 1.50 bits per heavy atom. The molecule has 1 heterocycles. The van der Waals surface area contributed by atoms with Crippen molar-refractivity contribution in [1.29, 1.82) is 0 Å². The molecule has 0 amide bonds. The molecule has 1 aromatic carbocycles. The number of nitrogens with one attached hydrogen (secondary N) is 1. The van der Waals surface area contributed by atoms with Crippen LogP contribution in [-0.4, -0.2) is 13.1 Å². The standard InChI is InChI=1S/C10H14N2/c1-10(6-11)7-12-9-5-3-2-4-8(9)10/h2-5,12H,6-7,11H2,1H3. The average molecular weight is 162 g/mol. The number of hydrogen-bond acceptors (Lipinski definition) is 2. The molecule has 2 nitrogen and oxygen atoms in total. The van der Waals surface area contributed by atoms with Gasteiger partial charge < -0.3 is 11.1 Å². The van der Waals surface area contributed by atoms with Gasteiger partial charge in [0.05, 0.1) is 0 Å². The fourth-order valence-electron chi connectivity index (χ4n) is 1.73. The van der Waals surface area contributed by atoms with Gasteiger partial charge in [-0.15, -0.1) is 0 Å². The molecule has 2 heteroatoms. The molecule has 2 rings (SSSR count). The molecule has 0 bridgehead atoms. The first-order chi connectivity index (χ1) is 5.76. The number of anilines is 1. The minimum Gasteiger partial charge on any atom is -0.384 e. The van der Waals surface area contributed by atoms with E-state index >= 15 is 0 Å². The van der Waals surface area contributed by atoms with E-state index in [9.17, 15) is 0 Å². The van der Waals surface area contributed by atoms with Crippen molar-refractivity contribution in [1.82, 2.24) is 0 Å². The molecule has 1 aliphatic heterocycles. The van der Waals surface area contributed by atoms with E-state index in [-0.39, 0.29) is 5.41 Å². The predicted octanol–water partition coefficient (Wildman–Crippen LogP) is 1.33. The number of para-hydroxylation sites is 1. The predicted molar refractivity (Wildman–Crippen MR) is 51.3 cm³/mol. The molecule has 0 aromatic heterocycles. The summed E-state index contributed by atoms with van der Waals surface area (Å²) in [6, 6.07) is 8.38. The molecule has 0 spiro atoms. The fraction of sp³-hybridized carbons (Fsp3) is 0.400. The van der Waals surface area contributed by atoms with Gasteiger partial charge >= 0.3 is 0 Å². The summed E-state index contributed by atoms with van der Waals surface area (Å²) < 4.78 is 0. The van der Waals surface area contributed by atoms with Gasteiger partial charge in [0.1, 0.15) is 0 Å². The first kappa shape index (κ1) is 7.62. The summed E-state index contributed by atoms with van der Waals surface area (Å²) >= 11 is 0. The number of nitrogens with two attached hydrogens (primary N) is 1. The number of benzene rings is 1. The maximum absolute atomic E-state index is 5.74. The summed E-state index contributed by atoms with van der Waals surface area (Å²) in [6.45, 7) is 3.87. The van der Waals surface area contributed by atoms with Crippen molar-refractivity contribution in [2.75, 3.05) is 18.4 Å². The van der Waals surface area contributed by atoms with E-state index in [1.54, 1.807) is 0 Å². The van der Waals surface area contributed by atoms with Crippen LogP contribution in [0.5, 0.6) is 0 Å². The first-order valence-electron chi connectivity index (χ1n) is 4.30. The van der Waals surface area contributed by atoms with Gasteiger partial charge in [-0.1, -0.05) is 25.1 Å². The lowest BCUT2D eigenvalue weighted by molar-refractivity contribution is 0.536. The highest BCUT2D eigenvalue weighted by molar-refractivity contribution is 5.60. The number of fused-ring (bicyclic) bond motifs is 1. The van der Waals surface area contributed by atoms with Gasteiger partial charge in [0.25, 0.3) is 0 Å². The van der Waals surface area contributed by atoms with Crippen molar-refractivity contribution in [3.63, 3.8) is 0 Å². The topological polar surface area (TPSA) is 38.0 Å². The molecule has 1 unspecified atom stereocenters. The molecule has 64 valence electrons.